The standard InChI is InChI=1S/C17H27FN4/c1-12-5-6-13(9-15(12)18)10-20-17(19-2)21-11-16(22(3)4)14-7-8-14/h5-6,9,14,16H,7-8,10-11H2,1-4H3,(H2,19,20,21). The van der Waals surface area contributed by atoms with E-state index in [0.29, 0.717) is 18.2 Å². The average Bonchev–Trinajstić information content (AvgIpc) is 3.30. The molecule has 1 atom stereocenters. The normalized spacial score (nSPS) is 16.7. The summed E-state index contributed by atoms with van der Waals surface area (Å²) in [5.41, 5.74) is 1.59. The van der Waals surface area contributed by atoms with Crippen molar-refractivity contribution in [3.05, 3.63) is 35.1 Å². The smallest absolute Gasteiger partial charge is 0.191 e. The fourth-order valence-electron chi connectivity index (χ4n) is 2.61. The van der Waals surface area contributed by atoms with Crippen molar-refractivity contribution >= 4 is 5.96 Å². The molecule has 1 aromatic rings. The number of aliphatic imine (C=N–C) groups is 1. The lowest BCUT2D eigenvalue weighted by atomic mass is 10.1. The maximum Gasteiger partial charge on any atom is 0.191 e. The van der Waals surface area contributed by atoms with E-state index in [2.05, 4.69) is 34.6 Å². The summed E-state index contributed by atoms with van der Waals surface area (Å²) in [4.78, 5) is 6.51. The van der Waals surface area contributed by atoms with Gasteiger partial charge in [0, 0.05) is 26.2 Å². The van der Waals surface area contributed by atoms with E-state index < -0.39 is 0 Å². The monoisotopic (exact) mass is 306 g/mol. The Balaban J connectivity index is 1.83. The second kappa shape index (κ2) is 7.58. The van der Waals surface area contributed by atoms with Crippen molar-refractivity contribution < 1.29 is 4.39 Å². The fourth-order valence-corrected chi connectivity index (χ4v) is 2.61. The fraction of sp³-hybridized carbons (Fsp3) is 0.588. The summed E-state index contributed by atoms with van der Waals surface area (Å²) >= 11 is 0. The molecule has 5 heteroatoms. The van der Waals surface area contributed by atoms with Gasteiger partial charge < -0.3 is 15.5 Å². The van der Waals surface area contributed by atoms with Crippen molar-refractivity contribution in [2.45, 2.75) is 32.4 Å². The number of benzene rings is 1. The van der Waals surface area contributed by atoms with Gasteiger partial charge in [0.05, 0.1) is 0 Å². The molecule has 1 aliphatic rings. The molecule has 1 unspecified atom stereocenters. The van der Waals surface area contributed by atoms with Crippen LogP contribution in [0.15, 0.2) is 23.2 Å². The molecule has 1 saturated carbocycles. The minimum Gasteiger partial charge on any atom is -0.355 e. The predicted octanol–water partition coefficient (Wildman–Crippen LogP) is 2.14. The summed E-state index contributed by atoms with van der Waals surface area (Å²) in [6.07, 6.45) is 2.64. The topological polar surface area (TPSA) is 39.7 Å². The minimum absolute atomic E-state index is 0.163. The van der Waals surface area contributed by atoms with Crippen molar-refractivity contribution in [1.29, 1.82) is 0 Å². The number of hydrogen-bond donors (Lipinski definition) is 2. The van der Waals surface area contributed by atoms with Crippen molar-refractivity contribution in [1.82, 2.24) is 15.5 Å². The van der Waals surface area contributed by atoms with Crippen LogP contribution >= 0.6 is 0 Å². The Morgan fingerprint density at radius 3 is 2.64 bits per heavy atom. The molecule has 122 valence electrons. The molecule has 0 heterocycles. The Morgan fingerprint density at radius 1 is 1.36 bits per heavy atom. The Labute approximate surface area is 132 Å². The molecular formula is C17H27FN4. The van der Waals surface area contributed by atoms with E-state index in [1.807, 2.05) is 6.07 Å². The maximum absolute atomic E-state index is 13.5. The average molecular weight is 306 g/mol. The second-order valence-electron chi connectivity index (χ2n) is 6.26. The van der Waals surface area contributed by atoms with Crippen LogP contribution in [-0.4, -0.2) is 44.6 Å². The second-order valence-corrected chi connectivity index (χ2v) is 6.26. The van der Waals surface area contributed by atoms with Gasteiger partial charge in [0.2, 0.25) is 0 Å². The lowest BCUT2D eigenvalue weighted by Gasteiger charge is -2.25. The van der Waals surface area contributed by atoms with Gasteiger partial charge in [0.25, 0.3) is 0 Å². The van der Waals surface area contributed by atoms with Gasteiger partial charge in [-0.15, -0.1) is 0 Å². The maximum atomic E-state index is 13.5. The molecule has 0 aromatic heterocycles. The highest BCUT2D eigenvalue weighted by molar-refractivity contribution is 5.79. The van der Waals surface area contributed by atoms with Crippen molar-refractivity contribution in [2.75, 3.05) is 27.7 Å². The number of hydrogen-bond acceptors (Lipinski definition) is 2. The molecule has 1 aliphatic carbocycles. The van der Waals surface area contributed by atoms with Crippen molar-refractivity contribution in [3.8, 4) is 0 Å². The number of aryl methyl sites for hydroxylation is 1. The Morgan fingerprint density at radius 2 is 2.09 bits per heavy atom. The first-order chi connectivity index (χ1) is 10.5. The molecule has 1 aromatic carbocycles. The molecule has 0 saturated heterocycles. The molecule has 0 bridgehead atoms. The Kier molecular flexibility index (Phi) is 5.77. The molecule has 2 N–H and O–H groups in total. The van der Waals surface area contributed by atoms with E-state index in [4.69, 9.17) is 0 Å². The van der Waals surface area contributed by atoms with Gasteiger partial charge >= 0.3 is 0 Å². The lowest BCUT2D eigenvalue weighted by molar-refractivity contribution is 0.264. The first kappa shape index (κ1) is 16.7. The minimum atomic E-state index is -0.163. The Hall–Kier alpha value is -1.62. The van der Waals surface area contributed by atoms with Gasteiger partial charge in [-0.2, -0.15) is 0 Å². The van der Waals surface area contributed by atoms with Crippen LogP contribution < -0.4 is 10.6 Å². The van der Waals surface area contributed by atoms with Crippen LogP contribution in [-0.2, 0) is 6.54 Å². The van der Waals surface area contributed by atoms with E-state index in [1.165, 1.54) is 12.8 Å². The van der Waals surface area contributed by atoms with Crippen LogP contribution in [0.25, 0.3) is 0 Å². The summed E-state index contributed by atoms with van der Waals surface area (Å²) in [5, 5.41) is 6.61. The zero-order valence-corrected chi connectivity index (χ0v) is 14.0. The highest BCUT2D eigenvalue weighted by Crippen LogP contribution is 2.34. The predicted molar refractivity (Wildman–Crippen MR) is 89.5 cm³/mol. The number of nitrogens with zero attached hydrogens (tertiary/aromatic N) is 2. The molecule has 0 spiro atoms. The van der Waals surface area contributed by atoms with E-state index in [0.717, 1.165) is 24.0 Å². The highest BCUT2D eigenvalue weighted by atomic mass is 19.1. The molecule has 2 rings (SSSR count). The molecular weight excluding hydrogens is 279 g/mol. The van der Waals surface area contributed by atoms with Crippen LogP contribution in [0.4, 0.5) is 4.39 Å². The number of likely N-dealkylation sites (N-methyl/N-ethyl adjacent to an activating group) is 1. The molecule has 0 radical (unpaired) electrons. The quantitative estimate of drug-likeness (QED) is 0.625. The molecule has 0 amide bonds. The number of halogens is 1. The molecule has 0 aliphatic heterocycles. The summed E-state index contributed by atoms with van der Waals surface area (Å²) in [7, 11) is 6.00. The van der Waals surface area contributed by atoms with Gasteiger partial charge in [-0.05, 0) is 57.0 Å². The Bertz CT molecular complexity index is 521. The van der Waals surface area contributed by atoms with Crippen molar-refractivity contribution in [2.24, 2.45) is 10.9 Å². The van der Waals surface area contributed by atoms with Gasteiger partial charge in [0.15, 0.2) is 5.96 Å². The lowest BCUT2D eigenvalue weighted by Crippen LogP contribution is -2.45. The van der Waals surface area contributed by atoms with Gasteiger partial charge in [0.1, 0.15) is 5.82 Å². The summed E-state index contributed by atoms with van der Waals surface area (Å²) < 4.78 is 13.5. The summed E-state index contributed by atoms with van der Waals surface area (Å²) in [5.74, 6) is 1.39. The first-order valence-electron chi connectivity index (χ1n) is 7.87. The van der Waals surface area contributed by atoms with Crippen LogP contribution in [0.5, 0.6) is 0 Å². The summed E-state index contributed by atoms with van der Waals surface area (Å²) in [6, 6.07) is 5.85. The third-order valence-corrected chi connectivity index (χ3v) is 4.23. The number of rotatable bonds is 6. The number of guanidine groups is 1. The van der Waals surface area contributed by atoms with Crippen LogP contribution in [0.3, 0.4) is 0 Å². The van der Waals surface area contributed by atoms with Crippen LogP contribution in [0.2, 0.25) is 0 Å². The first-order valence-corrected chi connectivity index (χ1v) is 7.87. The molecule has 4 nitrogen and oxygen atoms in total. The van der Waals surface area contributed by atoms with Gasteiger partial charge in [-0.25, -0.2) is 4.39 Å². The van der Waals surface area contributed by atoms with Crippen molar-refractivity contribution in [3.63, 3.8) is 0 Å². The number of nitrogens with one attached hydrogen (secondary N) is 2. The van der Waals surface area contributed by atoms with E-state index in [-0.39, 0.29) is 5.82 Å². The third kappa shape index (κ3) is 4.70. The SMILES string of the molecule is CN=C(NCc1ccc(C)c(F)c1)NCC(C1CC1)N(C)C. The summed E-state index contributed by atoms with van der Waals surface area (Å²) in [6.45, 7) is 3.21. The highest BCUT2D eigenvalue weighted by Gasteiger charge is 2.32. The largest absolute Gasteiger partial charge is 0.355 e. The van der Waals surface area contributed by atoms with Gasteiger partial charge in [-0.1, -0.05) is 12.1 Å². The van der Waals surface area contributed by atoms with Gasteiger partial charge in [-0.3, -0.25) is 4.99 Å². The van der Waals surface area contributed by atoms with E-state index in [1.54, 1.807) is 26.1 Å². The zero-order valence-electron chi connectivity index (χ0n) is 14.0. The van der Waals surface area contributed by atoms with Crippen LogP contribution in [0, 0.1) is 18.7 Å². The zero-order chi connectivity index (χ0) is 16.1. The third-order valence-electron chi connectivity index (χ3n) is 4.23. The molecule has 22 heavy (non-hydrogen) atoms. The molecule has 1 fully saturated rings. The van der Waals surface area contributed by atoms with E-state index in [9.17, 15) is 4.39 Å². The van der Waals surface area contributed by atoms with E-state index >= 15 is 0 Å². The van der Waals surface area contributed by atoms with Crippen LogP contribution in [0.1, 0.15) is 24.0 Å².